The Morgan fingerprint density at radius 3 is 2.94 bits per heavy atom. The molecule has 1 amide bonds. The Hall–Kier alpha value is -1.55. The number of aromatic amines is 1. The molecule has 0 bridgehead atoms. The van der Waals surface area contributed by atoms with Crippen LogP contribution < -0.4 is 5.32 Å². The van der Waals surface area contributed by atoms with Crippen molar-refractivity contribution in [2.45, 2.75) is 19.4 Å². The summed E-state index contributed by atoms with van der Waals surface area (Å²) in [5.41, 5.74) is 0.606. The summed E-state index contributed by atoms with van der Waals surface area (Å²) in [6.07, 6.45) is 2.65. The molecule has 2 N–H and O–H groups in total. The van der Waals surface area contributed by atoms with Crippen molar-refractivity contribution >= 4 is 17.2 Å². The molecule has 3 nitrogen and oxygen atoms in total. The number of hydrogen-bond donors (Lipinski definition) is 2. The standard InChI is InChI=1S/C12H14N2OS/c1-2-9(11-6-4-8-16-11)14-12(15)10-5-3-7-13-10/h3-9,13H,2H2,1H3,(H,14,15)/t9-/m0/s1. The Balaban J connectivity index is 2.05. The molecule has 0 aromatic carbocycles. The van der Waals surface area contributed by atoms with Gasteiger partial charge >= 0.3 is 0 Å². The normalized spacial score (nSPS) is 12.3. The number of thiophene rings is 1. The van der Waals surface area contributed by atoms with Gasteiger partial charge in [-0.2, -0.15) is 0 Å². The second-order valence-corrected chi connectivity index (χ2v) is 4.51. The van der Waals surface area contributed by atoms with Crippen LogP contribution in [0.15, 0.2) is 35.8 Å². The Bertz CT molecular complexity index is 434. The van der Waals surface area contributed by atoms with E-state index in [9.17, 15) is 4.79 Å². The molecule has 84 valence electrons. The van der Waals surface area contributed by atoms with Gasteiger partial charge < -0.3 is 10.3 Å². The first-order valence-corrected chi connectivity index (χ1v) is 6.17. The third-order valence-electron chi connectivity index (χ3n) is 2.44. The largest absolute Gasteiger partial charge is 0.357 e. The number of amides is 1. The van der Waals surface area contributed by atoms with Gasteiger partial charge in [-0.25, -0.2) is 0 Å². The van der Waals surface area contributed by atoms with Crippen LogP contribution in [0.2, 0.25) is 0 Å². The minimum Gasteiger partial charge on any atom is -0.357 e. The molecule has 2 rings (SSSR count). The quantitative estimate of drug-likeness (QED) is 0.839. The molecular formula is C12H14N2OS. The summed E-state index contributed by atoms with van der Waals surface area (Å²) in [6.45, 7) is 2.07. The van der Waals surface area contributed by atoms with E-state index in [1.165, 1.54) is 4.88 Å². The van der Waals surface area contributed by atoms with E-state index < -0.39 is 0 Å². The molecule has 0 saturated heterocycles. The molecule has 2 aromatic heterocycles. The van der Waals surface area contributed by atoms with Gasteiger partial charge in [-0.1, -0.05) is 13.0 Å². The summed E-state index contributed by atoms with van der Waals surface area (Å²) in [4.78, 5) is 15.9. The molecule has 0 aliphatic carbocycles. The van der Waals surface area contributed by atoms with Gasteiger partial charge in [-0.15, -0.1) is 11.3 Å². The van der Waals surface area contributed by atoms with Crippen LogP contribution >= 0.6 is 11.3 Å². The van der Waals surface area contributed by atoms with E-state index >= 15 is 0 Å². The summed E-state index contributed by atoms with van der Waals surface area (Å²) in [6, 6.07) is 7.75. The lowest BCUT2D eigenvalue weighted by atomic mass is 10.2. The topological polar surface area (TPSA) is 44.9 Å². The van der Waals surface area contributed by atoms with Crippen LogP contribution in [0.1, 0.15) is 34.8 Å². The molecule has 0 saturated carbocycles. The fourth-order valence-electron chi connectivity index (χ4n) is 1.57. The van der Waals surface area contributed by atoms with Gasteiger partial charge in [-0.3, -0.25) is 4.79 Å². The minimum absolute atomic E-state index is 0.0507. The molecule has 4 heteroatoms. The Kier molecular flexibility index (Phi) is 3.41. The van der Waals surface area contributed by atoms with Crippen LogP contribution in [0.4, 0.5) is 0 Å². The van der Waals surface area contributed by atoms with Crippen molar-refractivity contribution in [1.82, 2.24) is 10.3 Å². The molecule has 0 aliphatic rings. The predicted molar refractivity (Wildman–Crippen MR) is 65.6 cm³/mol. The van der Waals surface area contributed by atoms with Crippen LogP contribution in [0.5, 0.6) is 0 Å². The molecule has 2 heterocycles. The monoisotopic (exact) mass is 234 g/mol. The van der Waals surface area contributed by atoms with Gasteiger partial charge in [0, 0.05) is 11.1 Å². The maximum atomic E-state index is 11.8. The van der Waals surface area contributed by atoms with E-state index in [0.717, 1.165) is 6.42 Å². The zero-order valence-corrected chi connectivity index (χ0v) is 9.88. The van der Waals surface area contributed by atoms with Crippen LogP contribution in [0.25, 0.3) is 0 Å². The first-order valence-electron chi connectivity index (χ1n) is 5.29. The van der Waals surface area contributed by atoms with Gasteiger partial charge in [0.2, 0.25) is 0 Å². The van der Waals surface area contributed by atoms with Gasteiger partial charge in [-0.05, 0) is 30.0 Å². The third kappa shape index (κ3) is 2.33. The second kappa shape index (κ2) is 4.99. The van der Waals surface area contributed by atoms with E-state index in [4.69, 9.17) is 0 Å². The second-order valence-electron chi connectivity index (χ2n) is 3.53. The first-order chi connectivity index (χ1) is 7.81. The Labute approximate surface area is 98.5 Å². The van der Waals surface area contributed by atoms with Crippen molar-refractivity contribution in [3.05, 3.63) is 46.4 Å². The molecule has 0 spiro atoms. The zero-order valence-electron chi connectivity index (χ0n) is 9.07. The van der Waals surface area contributed by atoms with Gasteiger partial charge in [0.05, 0.1) is 6.04 Å². The lowest BCUT2D eigenvalue weighted by Gasteiger charge is -2.14. The number of carbonyl (C=O) groups excluding carboxylic acids is 1. The van der Waals surface area contributed by atoms with Crippen LogP contribution in [0.3, 0.4) is 0 Å². The molecular weight excluding hydrogens is 220 g/mol. The smallest absolute Gasteiger partial charge is 0.268 e. The highest BCUT2D eigenvalue weighted by molar-refractivity contribution is 7.10. The van der Waals surface area contributed by atoms with Gasteiger partial charge in [0.25, 0.3) is 5.91 Å². The van der Waals surface area contributed by atoms with Crippen molar-refractivity contribution in [3.63, 3.8) is 0 Å². The van der Waals surface area contributed by atoms with Crippen molar-refractivity contribution in [2.24, 2.45) is 0 Å². The van der Waals surface area contributed by atoms with E-state index in [1.807, 2.05) is 23.6 Å². The highest BCUT2D eigenvalue weighted by Gasteiger charge is 2.14. The van der Waals surface area contributed by atoms with E-state index in [-0.39, 0.29) is 11.9 Å². The molecule has 0 fully saturated rings. The fraction of sp³-hybridized carbons (Fsp3) is 0.250. The van der Waals surface area contributed by atoms with Gasteiger partial charge in [0.15, 0.2) is 0 Å². The van der Waals surface area contributed by atoms with Crippen molar-refractivity contribution in [3.8, 4) is 0 Å². The lowest BCUT2D eigenvalue weighted by Crippen LogP contribution is -2.27. The summed E-state index contributed by atoms with van der Waals surface area (Å²) < 4.78 is 0. The molecule has 0 unspecified atom stereocenters. The first kappa shape index (κ1) is 11.0. The molecule has 16 heavy (non-hydrogen) atoms. The third-order valence-corrected chi connectivity index (χ3v) is 3.43. The highest BCUT2D eigenvalue weighted by Crippen LogP contribution is 2.21. The Morgan fingerprint density at radius 2 is 2.38 bits per heavy atom. The number of rotatable bonds is 4. The average Bonchev–Trinajstić information content (AvgIpc) is 2.96. The predicted octanol–water partition coefficient (Wildman–Crippen LogP) is 2.96. The van der Waals surface area contributed by atoms with Crippen LogP contribution in [-0.4, -0.2) is 10.9 Å². The van der Waals surface area contributed by atoms with E-state index in [2.05, 4.69) is 17.2 Å². The highest BCUT2D eigenvalue weighted by atomic mass is 32.1. The molecule has 2 aromatic rings. The number of nitrogens with one attached hydrogen (secondary N) is 2. The zero-order chi connectivity index (χ0) is 11.4. The van der Waals surface area contributed by atoms with Crippen molar-refractivity contribution < 1.29 is 4.79 Å². The fourth-order valence-corrected chi connectivity index (χ4v) is 2.43. The summed E-state index contributed by atoms with van der Waals surface area (Å²) in [5, 5.41) is 5.04. The lowest BCUT2D eigenvalue weighted by molar-refractivity contribution is 0.0932. The van der Waals surface area contributed by atoms with E-state index in [0.29, 0.717) is 5.69 Å². The number of aromatic nitrogens is 1. The summed E-state index contributed by atoms with van der Waals surface area (Å²) >= 11 is 1.67. The number of H-pyrrole nitrogens is 1. The van der Waals surface area contributed by atoms with Crippen LogP contribution in [-0.2, 0) is 0 Å². The summed E-state index contributed by atoms with van der Waals surface area (Å²) in [7, 11) is 0. The van der Waals surface area contributed by atoms with E-state index in [1.54, 1.807) is 23.6 Å². The van der Waals surface area contributed by atoms with Crippen LogP contribution in [0, 0.1) is 0 Å². The van der Waals surface area contributed by atoms with Crippen molar-refractivity contribution in [1.29, 1.82) is 0 Å². The van der Waals surface area contributed by atoms with Crippen molar-refractivity contribution in [2.75, 3.05) is 0 Å². The molecule has 0 radical (unpaired) electrons. The average molecular weight is 234 g/mol. The Morgan fingerprint density at radius 1 is 1.50 bits per heavy atom. The maximum absolute atomic E-state index is 11.8. The number of carbonyl (C=O) groups is 1. The number of hydrogen-bond acceptors (Lipinski definition) is 2. The maximum Gasteiger partial charge on any atom is 0.268 e. The van der Waals surface area contributed by atoms with Gasteiger partial charge in [0.1, 0.15) is 5.69 Å². The molecule has 0 aliphatic heterocycles. The SMILES string of the molecule is CC[C@H](NC(=O)c1ccc[nH]1)c1cccs1. The summed E-state index contributed by atoms with van der Waals surface area (Å²) in [5.74, 6) is -0.0507. The molecule has 1 atom stereocenters. The minimum atomic E-state index is -0.0507.